The van der Waals surface area contributed by atoms with Crippen LogP contribution in [0.25, 0.3) is 0 Å². The van der Waals surface area contributed by atoms with Crippen molar-refractivity contribution in [2.24, 2.45) is 0 Å². The molecule has 2 aromatic rings. The number of methoxy groups -OCH3 is 1. The molecule has 3 rings (SSSR count). The Bertz CT molecular complexity index is 671. The van der Waals surface area contributed by atoms with Gasteiger partial charge in [0.25, 0.3) is 0 Å². The van der Waals surface area contributed by atoms with Crippen LogP contribution in [0.15, 0.2) is 48.5 Å². The van der Waals surface area contributed by atoms with Crippen LogP contribution in [0, 0.1) is 0 Å². The van der Waals surface area contributed by atoms with E-state index >= 15 is 0 Å². The van der Waals surface area contributed by atoms with Gasteiger partial charge in [-0.3, -0.25) is 4.90 Å². The molecule has 1 fully saturated rings. The molecule has 0 radical (unpaired) electrons. The molecule has 0 amide bonds. The molecule has 4 heteroatoms. The van der Waals surface area contributed by atoms with Crippen molar-refractivity contribution < 1.29 is 4.74 Å². The van der Waals surface area contributed by atoms with E-state index in [1.54, 1.807) is 7.11 Å². The lowest BCUT2D eigenvalue weighted by atomic mass is 10.1. The lowest BCUT2D eigenvalue weighted by Gasteiger charge is -2.24. The number of ether oxygens (including phenoxy) is 1. The van der Waals surface area contributed by atoms with E-state index in [9.17, 15) is 0 Å². The van der Waals surface area contributed by atoms with Gasteiger partial charge in [0.1, 0.15) is 5.75 Å². The Balaban J connectivity index is 1.62. The molecular formula is C22H29ClN2O. The van der Waals surface area contributed by atoms with Gasteiger partial charge in [0.2, 0.25) is 0 Å². The second-order valence-corrected chi connectivity index (χ2v) is 7.47. The maximum atomic E-state index is 6.31. The van der Waals surface area contributed by atoms with E-state index in [1.165, 1.54) is 50.0 Å². The number of benzene rings is 2. The van der Waals surface area contributed by atoms with Crippen LogP contribution < -0.4 is 4.74 Å². The van der Waals surface area contributed by atoms with E-state index in [-0.39, 0.29) is 0 Å². The first-order chi connectivity index (χ1) is 12.7. The van der Waals surface area contributed by atoms with Crippen LogP contribution in [0.1, 0.15) is 30.4 Å². The number of likely N-dealkylation sites (tertiary alicyclic amines) is 1. The fourth-order valence-electron chi connectivity index (χ4n) is 3.65. The molecule has 0 spiro atoms. The summed E-state index contributed by atoms with van der Waals surface area (Å²) < 4.78 is 5.27. The van der Waals surface area contributed by atoms with Crippen LogP contribution in [-0.4, -0.2) is 43.1 Å². The standard InChI is InChI=1S/C22H29ClN2O/c1-26-22-11-10-20(16-21(22)23)18-25(17-19-8-3-2-4-9-19)15-7-14-24-12-5-6-13-24/h2-4,8-11,16H,5-7,12-15,17-18H2,1H3. The molecule has 3 nitrogen and oxygen atoms in total. The summed E-state index contributed by atoms with van der Waals surface area (Å²) in [6, 6.07) is 16.8. The van der Waals surface area contributed by atoms with Crippen molar-refractivity contribution in [2.75, 3.05) is 33.3 Å². The molecule has 2 aromatic carbocycles. The van der Waals surface area contributed by atoms with E-state index in [1.807, 2.05) is 12.1 Å². The van der Waals surface area contributed by atoms with Crippen LogP contribution in [0.4, 0.5) is 0 Å². The average Bonchev–Trinajstić information content (AvgIpc) is 3.16. The monoisotopic (exact) mass is 372 g/mol. The van der Waals surface area contributed by atoms with Gasteiger partial charge in [-0.2, -0.15) is 0 Å². The van der Waals surface area contributed by atoms with E-state index < -0.39 is 0 Å². The lowest BCUT2D eigenvalue weighted by molar-refractivity contribution is 0.231. The summed E-state index contributed by atoms with van der Waals surface area (Å²) >= 11 is 6.31. The Morgan fingerprint density at radius 3 is 2.42 bits per heavy atom. The molecule has 0 bridgehead atoms. The first-order valence-corrected chi connectivity index (χ1v) is 9.93. The zero-order chi connectivity index (χ0) is 18.2. The Kier molecular flexibility index (Phi) is 7.36. The molecule has 0 unspecified atom stereocenters. The van der Waals surface area contributed by atoms with Gasteiger partial charge in [0, 0.05) is 19.6 Å². The third kappa shape index (κ3) is 5.73. The SMILES string of the molecule is COc1ccc(CN(CCCN2CCCC2)Cc2ccccc2)cc1Cl. The highest BCUT2D eigenvalue weighted by Gasteiger charge is 2.13. The van der Waals surface area contributed by atoms with Crippen LogP contribution in [0.3, 0.4) is 0 Å². The fourth-order valence-corrected chi connectivity index (χ4v) is 3.93. The minimum atomic E-state index is 0.682. The predicted molar refractivity (Wildman–Crippen MR) is 109 cm³/mol. The summed E-state index contributed by atoms with van der Waals surface area (Å²) in [7, 11) is 1.65. The van der Waals surface area contributed by atoms with Gasteiger partial charge in [-0.1, -0.05) is 48.0 Å². The van der Waals surface area contributed by atoms with Gasteiger partial charge < -0.3 is 9.64 Å². The highest BCUT2D eigenvalue weighted by molar-refractivity contribution is 6.32. The van der Waals surface area contributed by atoms with Crippen molar-refractivity contribution in [1.82, 2.24) is 9.80 Å². The maximum absolute atomic E-state index is 6.31. The summed E-state index contributed by atoms with van der Waals surface area (Å²) in [5, 5.41) is 0.682. The summed E-state index contributed by atoms with van der Waals surface area (Å²) in [5.74, 6) is 0.735. The van der Waals surface area contributed by atoms with Crippen LogP contribution >= 0.6 is 11.6 Å². The van der Waals surface area contributed by atoms with Crippen molar-refractivity contribution in [3.8, 4) is 5.75 Å². The van der Waals surface area contributed by atoms with Crippen molar-refractivity contribution in [2.45, 2.75) is 32.4 Å². The van der Waals surface area contributed by atoms with Crippen LogP contribution in [0.2, 0.25) is 5.02 Å². The van der Waals surface area contributed by atoms with Crippen molar-refractivity contribution in [1.29, 1.82) is 0 Å². The summed E-state index contributed by atoms with van der Waals surface area (Å²) in [6.07, 6.45) is 3.92. The number of hydrogen-bond donors (Lipinski definition) is 0. The fraction of sp³-hybridized carbons (Fsp3) is 0.455. The molecule has 1 saturated heterocycles. The Labute approximate surface area is 162 Å². The Morgan fingerprint density at radius 2 is 1.73 bits per heavy atom. The van der Waals surface area contributed by atoms with Crippen molar-refractivity contribution in [3.63, 3.8) is 0 Å². The Hall–Kier alpha value is -1.55. The molecule has 1 aliphatic heterocycles. The van der Waals surface area contributed by atoms with Gasteiger partial charge >= 0.3 is 0 Å². The van der Waals surface area contributed by atoms with Gasteiger partial charge in [0.15, 0.2) is 0 Å². The molecule has 0 aromatic heterocycles. The minimum Gasteiger partial charge on any atom is -0.495 e. The molecule has 1 heterocycles. The van der Waals surface area contributed by atoms with Gasteiger partial charge in [-0.15, -0.1) is 0 Å². The maximum Gasteiger partial charge on any atom is 0.137 e. The first-order valence-electron chi connectivity index (χ1n) is 9.55. The third-order valence-electron chi connectivity index (χ3n) is 5.02. The van der Waals surface area contributed by atoms with Crippen molar-refractivity contribution in [3.05, 3.63) is 64.7 Å². The Morgan fingerprint density at radius 1 is 1.00 bits per heavy atom. The van der Waals surface area contributed by atoms with Gasteiger partial charge in [0.05, 0.1) is 12.1 Å². The largest absolute Gasteiger partial charge is 0.495 e. The van der Waals surface area contributed by atoms with Gasteiger partial charge in [-0.25, -0.2) is 0 Å². The first kappa shape index (κ1) is 19.2. The zero-order valence-corrected chi connectivity index (χ0v) is 16.4. The van der Waals surface area contributed by atoms with Crippen LogP contribution in [-0.2, 0) is 13.1 Å². The summed E-state index contributed by atoms with van der Waals surface area (Å²) in [5.41, 5.74) is 2.58. The topological polar surface area (TPSA) is 15.7 Å². The highest BCUT2D eigenvalue weighted by Crippen LogP contribution is 2.25. The number of nitrogens with zero attached hydrogens (tertiary/aromatic N) is 2. The zero-order valence-electron chi connectivity index (χ0n) is 15.7. The molecule has 0 aliphatic carbocycles. The molecule has 140 valence electrons. The molecule has 1 aliphatic rings. The summed E-state index contributed by atoms with van der Waals surface area (Å²) in [4.78, 5) is 5.11. The third-order valence-corrected chi connectivity index (χ3v) is 5.31. The lowest BCUT2D eigenvalue weighted by Crippen LogP contribution is -2.28. The molecular weight excluding hydrogens is 344 g/mol. The summed E-state index contributed by atoms with van der Waals surface area (Å²) in [6.45, 7) is 6.70. The molecule has 0 atom stereocenters. The second kappa shape index (κ2) is 9.96. The second-order valence-electron chi connectivity index (χ2n) is 7.07. The van der Waals surface area contributed by atoms with E-state index in [4.69, 9.17) is 16.3 Å². The highest BCUT2D eigenvalue weighted by atomic mass is 35.5. The van der Waals surface area contributed by atoms with E-state index in [0.29, 0.717) is 5.02 Å². The molecule has 26 heavy (non-hydrogen) atoms. The minimum absolute atomic E-state index is 0.682. The quantitative estimate of drug-likeness (QED) is 0.626. The van der Waals surface area contributed by atoms with Crippen molar-refractivity contribution >= 4 is 11.6 Å². The number of hydrogen-bond acceptors (Lipinski definition) is 3. The number of halogens is 1. The molecule has 0 N–H and O–H groups in total. The molecule has 0 saturated carbocycles. The van der Waals surface area contributed by atoms with E-state index in [2.05, 4.69) is 46.2 Å². The van der Waals surface area contributed by atoms with Gasteiger partial charge in [-0.05, 0) is 62.2 Å². The predicted octanol–water partition coefficient (Wildman–Crippen LogP) is 4.84. The number of rotatable bonds is 9. The smallest absolute Gasteiger partial charge is 0.137 e. The average molecular weight is 373 g/mol. The van der Waals surface area contributed by atoms with E-state index in [0.717, 1.165) is 25.4 Å². The van der Waals surface area contributed by atoms with Crippen LogP contribution in [0.5, 0.6) is 5.75 Å². The normalized spacial score (nSPS) is 14.9.